The van der Waals surface area contributed by atoms with E-state index >= 15 is 0 Å². The fourth-order valence-electron chi connectivity index (χ4n) is 2.88. The van der Waals surface area contributed by atoms with Crippen molar-refractivity contribution < 1.29 is 4.74 Å². The average molecular weight is 294 g/mol. The molecule has 5 nitrogen and oxygen atoms in total. The van der Waals surface area contributed by atoms with Crippen molar-refractivity contribution in [1.82, 2.24) is 19.9 Å². The summed E-state index contributed by atoms with van der Waals surface area (Å²) in [5.41, 5.74) is 5.20. The molecule has 5 heteroatoms. The van der Waals surface area contributed by atoms with Gasteiger partial charge in [0.15, 0.2) is 5.65 Å². The molecule has 0 spiro atoms. The highest BCUT2D eigenvalue weighted by atomic mass is 16.5. The molecule has 3 aromatic rings. The highest BCUT2D eigenvalue weighted by molar-refractivity contribution is 5.78. The molecule has 1 aromatic carbocycles. The minimum Gasteiger partial charge on any atom is -0.492 e. The third kappa shape index (κ3) is 2.33. The molecule has 0 unspecified atom stereocenters. The van der Waals surface area contributed by atoms with Crippen LogP contribution in [0.1, 0.15) is 11.4 Å². The Bertz CT molecular complexity index is 840. The predicted molar refractivity (Wildman–Crippen MR) is 85.9 cm³/mol. The van der Waals surface area contributed by atoms with Crippen LogP contribution in [0.3, 0.4) is 0 Å². The Morgan fingerprint density at radius 1 is 1.23 bits per heavy atom. The summed E-state index contributed by atoms with van der Waals surface area (Å²) in [6.45, 7) is 4.54. The number of nitrogens with zero attached hydrogens (tertiary/aromatic N) is 3. The van der Waals surface area contributed by atoms with Crippen molar-refractivity contribution in [3.63, 3.8) is 0 Å². The first-order valence-corrected chi connectivity index (χ1v) is 7.46. The second kappa shape index (κ2) is 5.10. The summed E-state index contributed by atoms with van der Waals surface area (Å²) < 4.78 is 5.81. The zero-order chi connectivity index (χ0) is 15.1. The quantitative estimate of drug-likeness (QED) is 0.750. The highest BCUT2D eigenvalue weighted by Gasteiger charge is 2.14. The van der Waals surface area contributed by atoms with Gasteiger partial charge in [-0.05, 0) is 37.7 Å². The van der Waals surface area contributed by atoms with Crippen LogP contribution < -0.4 is 4.74 Å². The SMILES string of the molecule is Cc1nc2ncc(-c3ccc4c(c3)CN(C)CCO4)cc2[nH]1. The molecule has 0 fully saturated rings. The van der Waals surface area contributed by atoms with Crippen molar-refractivity contribution in [2.45, 2.75) is 13.5 Å². The number of aromatic nitrogens is 3. The number of nitrogens with one attached hydrogen (secondary N) is 1. The van der Waals surface area contributed by atoms with Crippen LogP contribution in [0.4, 0.5) is 0 Å². The molecule has 0 amide bonds. The van der Waals surface area contributed by atoms with Gasteiger partial charge < -0.3 is 9.72 Å². The molecule has 0 saturated carbocycles. The number of H-pyrrole nitrogens is 1. The van der Waals surface area contributed by atoms with Gasteiger partial charge in [0, 0.05) is 30.4 Å². The lowest BCUT2D eigenvalue weighted by Crippen LogP contribution is -2.20. The van der Waals surface area contributed by atoms with Gasteiger partial charge in [-0.1, -0.05) is 6.07 Å². The van der Waals surface area contributed by atoms with E-state index in [4.69, 9.17) is 4.74 Å². The van der Waals surface area contributed by atoms with Crippen LogP contribution in [0.2, 0.25) is 0 Å². The summed E-state index contributed by atoms with van der Waals surface area (Å²) in [6, 6.07) is 8.46. The van der Waals surface area contributed by atoms with E-state index in [0.717, 1.165) is 53.6 Å². The summed E-state index contributed by atoms with van der Waals surface area (Å²) in [6.07, 6.45) is 1.88. The monoisotopic (exact) mass is 294 g/mol. The van der Waals surface area contributed by atoms with Gasteiger partial charge in [-0.2, -0.15) is 0 Å². The van der Waals surface area contributed by atoms with Gasteiger partial charge in [0.2, 0.25) is 0 Å². The maximum atomic E-state index is 5.81. The molecule has 22 heavy (non-hydrogen) atoms. The molecule has 1 aliphatic rings. The van der Waals surface area contributed by atoms with Crippen molar-refractivity contribution in [3.8, 4) is 16.9 Å². The van der Waals surface area contributed by atoms with Crippen molar-refractivity contribution in [2.24, 2.45) is 0 Å². The van der Waals surface area contributed by atoms with Crippen molar-refractivity contribution in [1.29, 1.82) is 0 Å². The van der Waals surface area contributed by atoms with Gasteiger partial charge in [0.05, 0.1) is 5.52 Å². The van der Waals surface area contributed by atoms with Gasteiger partial charge in [-0.15, -0.1) is 0 Å². The second-order valence-electron chi connectivity index (χ2n) is 5.83. The lowest BCUT2D eigenvalue weighted by Gasteiger charge is -2.12. The third-order valence-electron chi connectivity index (χ3n) is 4.02. The predicted octanol–water partition coefficient (Wildman–Crippen LogP) is 2.76. The Kier molecular flexibility index (Phi) is 3.08. The zero-order valence-corrected chi connectivity index (χ0v) is 12.8. The van der Waals surface area contributed by atoms with Gasteiger partial charge in [-0.3, -0.25) is 4.90 Å². The fraction of sp³-hybridized carbons (Fsp3) is 0.294. The van der Waals surface area contributed by atoms with Crippen molar-refractivity contribution in [3.05, 3.63) is 41.9 Å². The van der Waals surface area contributed by atoms with Gasteiger partial charge in [-0.25, -0.2) is 9.97 Å². The Balaban J connectivity index is 1.77. The molecule has 112 valence electrons. The lowest BCUT2D eigenvalue weighted by molar-refractivity contribution is 0.259. The summed E-state index contributed by atoms with van der Waals surface area (Å²) >= 11 is 0. The number of pyridine rings is 1. The molecular weight excluding hydrogens is 276 g/mol. The molecule has 0 radical (unpaired) electrons. The van der Waals surface area contributed by atoms with Gasteiger partial charge >= 0.3 is 0 Å². The van der Waals surface area contributed by atoms with E-state index in [1.54, 1.807) is 0 Å². The number of fused-ring (bicyclic) bond motifs is 2. The molecular formula is C17H18N4O. The zero-order valence-electron chi connectivity index (χ0n) is 12.8. The second-order valence-corrected chi connectivity index (χ2v) is 5.83. The van der Waals surface area contributed by atoms with Crippen LogP contribution in [-0.4, -0.2) is 40.1 Å². The molecule has 1 aliphatic heterocycles. The maximum absolute atomic E-state index is 5.81. The Morgan fingerprint density at radius 2 is 2.14 bits per heavy atom. The number of hydrogen-bond donors (Lipinski definition) is 1. The first kappa shape index (κ1) is 13.3. The van der Waals surface area contributed by atoms with E-state index < -0.39 is 0 Å². The smallest absolute Gasteiger partial charge is 0.177 e. The number of ether oxygens (including phenoxy) is 1. The minimum absolute atomic E-state index is 0.740. The standard InChI is InChI=1S/C17H18N4O/c1-11-19-15-8-13(9-18-17(15)20-11)12-3-4-16-14(7-12)10-21(2)5-6-22-16/h3-4,7-9H,5-6,10H2,1-2H3,(H,18,19,20). The van der Waals surface area contributed by atoms with E-state index in [1.165, 1.54) is 5.56 Å². The summed E-state index contributed by atoms with van der Waals surface area (Å²) in [5, 5.41) is 0. The van der Waals surface area contributed by atoms with Crippen LogP contribution in [0.5, 0.6) is 5.75 Å². The number of benzene rings is 1. The van der Waals surface area contributed by atoms with Crippen LogP contribution >= 0.6 is 0 Å². The van der Waals surface area contributed by atoms with E-state index in [9.17, 15) is 0 Å². The summed E-state index contributed by atoms with van der Waals surface area (Å²) in [4.78, 5) is 14.3. The number of hydrogen-bond acceptors (Lipinski definition) is 4. The first-order valence-electron chi connectivity index (χ1n) is 7.46. The molecule has 3 heterocycles. The largest absolute Gasteiger partial charge is 0.492 e. The van der Waals surface area contributed by atoms with E-state index in [2.05, 4.69) is 51.2 Å². The number of rotatable bonds is 1. The normalized spacial score (nSPS) is 15.4. The van der Waals surface area contributed by atoms with Crippen LogP contribution in [0, 0.1) is 6.92 Å². The summed E-state index contributed by atoms with van der Waals surface area (Å²) in [5.74, 6) is 1.87. The highest BCUT2D eigenvalue weighted by Crippen LogP contribution is 2.29. The van der Waals surface area contributed by atoms with E-state index in [1.807, 2.05) is 13.1 Å². The first-order chi connectivity index (χ1) is 10.7. The number of likely N-dealkylation sites (N-methyl/N-ethyl adjacent to an activating group) is 1. The molecule has 0 bridgehead atoms. The van der Waals surface area contributed by atoms with E-state index in [0.29, 0.717) is 0 Å². The Hall–Kier alpha value is -2.40. The molecule has 0 atom stereocenters. The minimum atomic E-state index is 0.740. The molecule has 0 saturated heterocycles. The van der Waals surface area contributed by atoms with Crippen LogP contribution in [0.25, 0.3) is 22.3 Å². The molecule has 0 aliphatic carbocycles. The molecule has 4 rings (SSSR count). The Labute approximate surface area is 129 Å². The van der Waals surface area contributed by atoms with Crippen molar-refractivity contribution in [2.75, 3.05) is 20.2 Å². The Morgan fingerprint density at radius 3 is 3.05 bits per heavy atom. The van der Waals surface area contributed by atoms with Crippen molar-refractivity contribution >= 4 is 11.2 Å². The van der Waals surface area contributed by atoms with Crippen LogP contribution in [-0.2, 0) is 6.54 Å². The third-order valence-corrected chi connectivity index (χ3v) is 4.02. The number of aryl methyl sites for hydroxylation is 1. The van der Waals surface area contributed by atoms with Gasteiger partial charge in [0.1, 0.15) is 18.2 Å². The number of imidazole rings is 1. The van der Waals surface area contributed by atoms with Crippen LogP contribution in [0.15, 0.2) is 30.5 Å². The lowest BCUT2D eigenvalue weighted by atomic mass is 10.0. The topological polar surface area (TPSA) is 54.0 Å². The van der Waals surface area contributed by atoms with Gasteiger partial charge in [0.25, 0.3) is 0 Å². The summed E-state index contributed by atoms with van der Waals surface area (Å²) in [7, 11) is 2.12. The molecule has 2 aromatic heterocycles. The number of aromatic amines is 1. The fourth-order valence-corrected chi connectivity index (χ4v) is 2.88. The average Bonchev–Trinajstić information content (AvgIpc) is 2.76. The molecule has 1 N–H and O–H groups in total. The maximum Gasteiger partial charge on any atom is 0.177 e. The van der Waals surface area contributed by atoms with E-state index in [-0.39, 0.29) is 0 Å².